The lowest BCUT2D eigenvalue weighted by Gasteiger charge is -2.31. The van der Waals surface area contributed by atoms with Crippen LogP contribution in [-0.2, 0) is 17.9 Å². The number of amides is 1. The van der Waals surface area contributed by atoms with Crippen LogP contribution < -0.4 is 10.4 Å². The molecule has 0 aliphatic carbocycles. The van der Waals surface area contributed by atoms with Crippen molar-refractivity contribution >= 4 is 5.91 Å². The van der Waals surface area contributed by atoms with Gasteiger partial charge in [0.1, 0.15) is 11.6 Å². The molecule has 0 bridgehead atoms. The Morgan fingerprint density at radius 3 is 2.53 bits per heavy atom. The second kappa shape index (κ2) is 9.85. The lowest BCUT2D eigenvalue weighted by molar-refractivity contribution is -0.134. The lowest BCUT2D eigenvalue weighted by Crippen LogP contribution is -2.41. The SMILES string of the molecule is CCn1c(C2CCN(C(=O)COc3cccc(C)c3)CC2)nn(Cc2ccccc2)c1=O. The van der Waals surface area contributed by atoms with Crippen LogP contribution in [0.1, 0.15) is 42.6 Å². The Labute approximate surface area is 188 Å². The summed E-state index contributed by atoms with van der Waals surface area (Å²) in [7, 11) is 0. The zero-order chi connectivity index (χ0) is 22.5. The van der Waals surface area contributed by atoms with Crippen LogP contribution in [0.2, 0.25) is 0 Å². The molecule has 0 spiro atoms. The van der Waals surface area contributed by atoms with Gasteiger partial charge in [-0.15, -0.1) is 0 Å². The van der Waals surface area contributed by atoms with Crippen LogP contribution in [0.4, 0.5) is 0 Å². The second-order valence-corrected chi connectivity index (χ2v) is 8.29. The number of likely N-dealkylation sites (tertiary alicyclic amines) is 1. The van der Waals surface area contributed by atoms with E-state index in [-0.39, 0.29) is 24.1 Å². The van der Waals surface area contributed by atoms with Crippen molar-refractivity contribution in [3.63, 3.8) is 0 Å². The molecule has 1 aliphatic heterocycles. The van der Waals surface area contributed by atoms with Gasteiger partial charge in [-0.25, -0.2) is 9.48 Å². The fourth-order valence-electron chi connectivity index (χ4n) is 4.24. The van der Waals surface area contributed by atoms with Crippen molar-refractivity contribution in [2.45, 2.75) is 45.7 Å². The van der Waals surface area contributed by atoms with Crippen molar-refractivity contribution in [2.24, 2.45) is 0 Å². The summed E-state index contributed by atoms with van der Waals surface area (Å²) in [5, 5.41) is 4.69. The Bertz CT molecular complexity index is 1110. The summed E-state index contributed by atoms with van der Waals surface area (Å²) < 4.78 is 9.00. The standard InChI is InChI=1S/C25H30N4O3/c1-3-28-24(26-29(25(28)31)17-20-9-5-4-6-10-20)21-12-14-27(15-13-21)23(30)18-32-22-11-7-8-19(2)16-22/h4-11,16,21H,3,12-15,17-18H2,1-2H3. The lowest BCUT2D eigenvalue weighted by atomic mass is 9.96. The van der Waals surface area contributed by atoms with Gasteiger partial charge in [-0.1, -0.05) is 42.5 Å². The monoisotopic (exact) mass is 434 g/mol. The van der Waals surface area contributed by atoms with Gasteiger partial charge in [0.25, 0.3) is 5.91 Å². The average molecular weight is 435 g/mol. The van der Waals surface area contributed by atoms with Crippen LogP contribution in [-0.4, -0.2) is 44.9 Å². The van der Waals surface area contributed by atoms with Gasteiger partial charge in [0, 0.05) is 25.6 Å². The van der Waals surface area contributed by atoms with E-state index in [1.54, 1.807) is 9.25 Å². The van der Waals surface area contributed by atoms with Crippen LogP contribution in [0.3, 0.4) is 0 Å². The van der Waals surface area contributed by atoms with Gasteiger partial charge >= 0.3 is 5.69 Å². The van der Waals surface area contributed by atoms with E-state index >= 15 is 0 Å². The first kappa shape index (κ1) is 21.9. The van der Waals surface area contributed by atoms with Gasteiger partial charge < -0.3 is 9.64 Å². The molecule has 0 radical (unpaired) electrons. The maximum atomic E-state index is 12.9. The molecule has 7 nitrogen and oxygen atoms in total. The molecule has 2 heterocycles. The van der Waals surface area contributed by atoms with Gasteiger partial charge in [0.2, 0.25) is 0 Å². The minimum atomic E-state index is -0.0728. The third-order valence-corrected chi connectivity index (χ3v) is 6.01. The minimum absolute atomic E-state index is 0.00700. The minimum Gasteiger partial charge on any atom is -0.484 e. The zero-order valence-electron chi connectivity index (χ0n) is 18.7. The van der Waals surface area contributed by atoms with Crippen LogP contribution in [0.5, 0.6) is 5.75 Å². The molecule has 0 saturated carbocycles. The number of hydrogen-bond acceptors (Lipinski definition) is 4. The molecule has 1 amide bonds. The number of aryl methyl sites for hydroxylation is 1. The van der Waals surface area contributed by atoms with E-state index in [4.69, 9.17) is 9.84 Å². The van der Waals surface area contributed by atoms with E-state index in [9.17, 15) is 9.59 Å². The summed E-state index contributed by atoms with van der Waals surface area (Å²) in [4.78, 5) is 27.3. The van der Waals surface area contributed by atoms with Gasteiger partial charge in [-0.05, 0) is 49.9 Å². The quantitative estimate of drug-likeness (QED) is 0.573. The molecule has 0 unspecified atom stereocenters. The molecule has 4 rings (SSSR count). The van der Waals surface area contributed by atoms with E-state index in [1.807, 2.05) is 73.3 Å². The molecule has 1 fully saturated rings. The maximum absolute atomic E-state index is 12.9. The predicted octanol–water partition coefficient (Wildman–Crippen LogP) is 3.21. The number of nitrogens with zero attached hydrogens (tertiary/aromatic N) is 4. The summed E-state index contributed by atoms with van der Waals surface area (Å²) in [6, 6.07) is 17.6. The van der Waals surface area contributed by atoms with Gasteiger partial charge in [-0.2, -0.15) is 5.10 Å². The van der Waals surface area contributed by atoms with Crippen molar-refractivity contribution < 1.29 is 9.53 Å². The second-order valence-electron chi connectivity index (χ2n) is 8.29. The molecule has 1 aliphatic rings. The molecule has 168 valence electrons. The molecule has 0 N–H and O–H groups in total. The Hall–Kier alpha value is -3.35. The number of hydrogen-bond donors (Lipinski definition) is 0. The third-order valence-electron chi connectivity index (χ3n) is 6.01. The number of benzene rings is 2. The summed E-state index contributed by atoms with van der Waals surface area (Å²) >= 11 is 0. The van der Waals surface area contributed by atoms with Crippen molar-refractivity contribution in [1.29, 1.82) is 0 Å². The maximum Gasteiger partial charge on any atom is 0.346 e. The highest BCUT2D eigenvalue weighted by molar-refractivity contribution is 5.77. The van der Waals surface area contributed by atoms with E-state index in [1.165, 1.54) is 0 Å². The highest BCUT2D eigenvalue weighted by Gasteiger charge is 2.28. The number of rotatable bonds is 7. The highest BCUT2D eigenvalue weighted by Crippen LogP contribution is 2.26. The summed E-state index contributed by atoms with van der Waals surface area (Å²) in [5.41, 5.74) is 2.08. The van der Waals surface area contributed by atoms with Gasteiger partial charge in [-0.3, -0.25) is 9.36 Å². The van der Waals surface area contributed by atoms with Gasteiger partial charge in [0.15, 0.2) is 6.61 Å². The number of aromatic nitrogens is 3. The Balaban J connectivity index is 1.37. The fraction of sp³-hybridized carbons (Fsp3) is 0.400. The molecule has 32 heavy (non-hydrogen) atoms. The Morgan fingerprint density at radius 1 is 1.09 bits per heavy atom. The third kappa shape index (κ3) is 4.93. The summed E-state index contributed by atoms with van der Waals surface area (Å²) in [6.45, 7) is 6.35. The smallest absolute Gasteiger partial charge is 0.346 e. The first-order chi connectivity index (χ1) is 15.5. The van der Waals surface area contributed by atoms with E-state index < -0.39 is 0 Å². The van der Waals surface area contributed by atoms with E-state index in [2.05, 4.69) is 0 Å². The zero-order valence-corrected chi connectivity index (χ0v) is 18.7. The van der Waals surface area contributed by atoms with Crippen LogP contribution in [0, 0.1) is 6.92 Å². The molecular formula is C25H30N4O3. The van der Waals surface area contributed by atoms with Crippen molar-refractivity contribution in [3.05, 3.63) is 82.0 Å². The van der Waals surface area contributed by atoms with Crippen molar-refractivity contribution in [1.82, 2.24) is 19.2 Å². The van der Waals surface area contributed by atoms with Crippen molar-refractivity contribution in [2.75, 3.05) is 19.7 Å². The molecular weight excluding hydrogens is 404 g/mol. The Kier molecular flexibility index (Phi) is 6.73. The topological polar surface area (TPSA) is 69.4 Å². The molecule has 1 aromatic heterocycles. The van der Waals surface area contributed by atoms with Crippen molar-refractivity contribution in [3.8, 4) is 5.75 Å². The first-order valence-electron chi connectivity index (χ1n) is 11.2. The normalized spacial score (nSPS) is 14.5. The summed E-state index contributed by atoms with van der Waals surface area (Å²) in [5.74, 6) is 1.70. The number of carbonyl (C=O) groups excluding carboxylic acids is 1. The van der Waals surface area contributed by atoms with Crippen LogP contribution in [0.25, 0.3) is 0 Å². The number of ether oxygens (including phenoxy) is 1. The highest BCUT2D eigenvalue weighted by atomic mass is 16.5. The molecule has 1 saturated heterocycles. The van der Waals surface area contributed by atoms with Gasteiger partial charge in [0.05, 0.1) is 6.54 Å². The Morgan fingerprint density at radius 2 is 1.84 bits per heavy atom. The first-order valence-corrected chi connectivity index (χ1v) is 11.2. The summed E-state index contributed by atoms with van der Waals surface area (Å²) in [6.07, 6.45) is 1.58. The van der Waals surface area contributed by atoms with Crippen LogP contribution in [0.15, 0.2) is 59.4 Å². The predicted molar refractivity (Wildman–Crippen MR) is 123 cm³/mol. The largest absolute Gasteiger partial charge is 0.484 e. The molecule has 7 heteroatoms. The molecule has 3 aromatic rings. The van der Waals surface area contributed by atoms with Crippen LogP contribution >= 0.6 is 0 Å². The van der Waals surface area contributed by atoms with E-state index in [0.29, 0.717) is 31.9 Å². The molecule has 2 aromatic carbocycles. The average Bonchev–Trinajstić information content (AvgIpc) is 3.13. The number of carbonyl (C=O) groups is 1. The van der Waals surface area contributed by atoms with E-state index in [0.717, 1.165) is 29.8 Å². The number of piperidine rings is 1. The molecule has 0 atom stereocenters. The fourth-order valence-corrected chi connectivity index (χ4v) is 4.24.